The summed E-state index contributed by atoms with van der Waals surface area (Å²) in [5.74, 6) is 0.452. The van der Waals surface area contributed by atoms with E-state index >= 15 is 0 Å². The highest BCUT2D eigenvalue weighted by Gasteiger charge is 2.15. The van der Waals surface area contributed by atoms with E-state index in [1.807, 2.05) is 48.5 Å². The number of aromatic amines is 1. The van der Waals surface area contributed by atoms with Crippen LogP contribution in [0, 0.1) is 0 Å². The molecule has 5 nitrogen and oxygen atoms in total. The summed E-state index contributed by atoms with van der Waals surface area (Å²) >= 11 is 0. The van der Waals surface area contributed by atoms with Crippen molar-refractivity contribution in [1.82, 2.24) is 10.2 Å². The van der Waals surface area contributed by atoms with Gasteiger partial charge in [-0.2, -0.15) is 5.10 Å². The number of benzene rings is 2. The average molecular weight is 322 g/mol. The fourth-order valence-electron chi connectivity index (χ4n) is 2.47. The molecule has 1 aromatic heterocycles. The molecular formula is C19H18N2O3. The van der Waals surface area contributed by atoms with Gasteiger partial charge in [0.15, 0.2) is 0 Å². The third-order valence-corrected chi connectivity index (χ3v) is 3.68. The number of ether oxygens (including phenoxy) is 2. The molecule has 0 fully saturated rings. The Balaban J connectivity index is 1.94. The van der Waals surface area contributed by atoms with E-state index in [1.54, 1.807) is 20.1 Å². The smallest absolute Gasteiger partial charge is 0.338 e. The van der Waals surface area contributed by atoms with Crippen LogP contribution in [0.3, 0.4) is 0 Å². The monoisotopic (exact) mass is 322 g/mol. The molecule has 2 aromatic carbocycles. The standard InChI is InChI=1S/C19H18N2O3/c1-3-24-19(22)16-7-5-4-6-15(16)18-12-17(20-21-18)13-8-10-14(23-2)11-9-13/h4-12H,3H2,1-2H3,(H,20,21). The summed E-state index contributed by atoms with van der Waals surface area (Å²) in [5, 5.41) is 7.36. The fourth-order valence-corrected chi connectivity index (χ4v) is 2.47. The van der Waals surface area contributed by atoms with E-state index in [-0.39, 0.29) is 5.97 Å². The largest absolute Gasteiger partial charge is 0.497 e. The Morgan fingerprint density at radius 2 is 1.88 bits per heavy atom. The van der Waals surface area contributed by atoms with Gasteiger partial charge >= 0.3 is 5.97 Å². The lowest BCUT2D eigenvalue weighted by Crippen LogP contribution is -2.06. The van der Waals surface area contributed by atoms with Crippen LogP contribution in [0.5, 0.6) is 5.75 Å². The minimum Gasteiger partial charge on any atom is -0.497 e. The van der Waals surface area contributed by atoms with Crippen LogP contribution in [0.25, 0.3) is 22.5 Å². The van der Waals surface area contributed by atoms with Gasteiger partial charge in [0.2, 0.25) is 0 Å². The summed E-state index contributed by atoms with van der Waals surface area (Å²) in [4.78, 5) is 12.1. The van der Waals surface area contributed by atoms with Crippen molar-refractivity contribution in [1.29, 1.82) is 0 Å². The maximum Gasteiger partial charge on any atom is 0.338 e. The predicted molar refractivity (Wildman–Crippen MR) is 92.0 cm³/mol. The quantitative estimate of drug-likeness (QED) is 0.723. The second kappa shape index (κ2) is 7.00. The summed E-state index contributed by atoms with van der Waals surface area (Å²) in [6, 6.07) is 16.9. The number of aromatic nitrogens is 2. The molecular weight excluding hydrogens is 304 g/mol. The molecule has 5 heteroatoms. The first-order valence-electron chi connectivity index (χ1n) is 7.69. The van der Waals surface area contributed by atoms with Crippen molar-refractivity contribution in [2.45, 2.75) is 6.92 Å². The van der Waals surface area contributed by atoms with Crippen molar-refractivity contribution in [3.8, 4) is 28.3 Å². The van der Waals surface area contributed by atoms with E-state index in [9.17, 15) is 4.79 Å². The Bertz CT molecular complexity index is 838. The summed E-state index contributed by atoms with van der Waals surface area (Å²) < 4.78 is 10.3. The molecule has 0 amide bonds. The molecule has 3 rings (SSSR count). The first kappa shape index (κ1) is 15.8. The van der Waals surface area contributed by atoms with Crippen molar-refractivity contribution >= 4 is 5.97 Å². The van der Waals surface area contributed by atoms with Crippen LogP contribution < -0.4 is 4.74 Å². The third kappa shape index (κ3) is 3.15. The van der Waals surface area contributed by atoms with Gasteiger partial charge < -0.3 is 9.47 Å². The molecule has 0 radical (unpaired) electrons. The first-order valence-corrected chi connectivity index (χ1v) is 7.69. The Labute approximate surface area is 140 Å². The molecule has 0 aliphatic carbocycles. The van der Waals surface area contributed by atoms with Crippen LogP contribution in [0.1, 0.15) is 17.3 Å². The lowest BCUT2D eigenvalue weighted by Gasteiger charge is -2.06. The highest BCUT2D eigenvalue weighted by atomic mass is 16.5. The van der Waals surface area contributed by atoms with Crippen molar-refractivity contribution < 1.29 is 14.3 Å². The van der Waals surface area contributed by atoms with E-state index in [4.69, 9.17) is 9.47 Å². The summed E-state index contributed by atoms with van der Waals surface area (Å²) in [6.07, 6.45) is 0. The molecule has 0 atom stereocenters. The van der Waals surface area contributed by atoms with Gasteiger partial charge in [0.1, 0.15) is 5.75 Å². The van der Waals surface area contributed by atoms with E-state index in [0.717, 1.165) is 22.6 Å². The van der Waals surface area contributed by atoms with Crippen molar-refractivity contribution in [3.05, 3.63) is 60.2 Å². The van der Waals surface area contributed by atoms with E-state index in [1.165, 1.54) is 0 Å². The zero-order valence-electron chi connectivity index (χ0n) is 13.6. The number of hydrogen-bond donors (Lipinski definition) is 1. The van der Waals surface area contributed by atoms with Gasteiger partial charge in [-0.15, -0.1) is 0 Å². The molecule has 0 saturated carbocycles. The van der Waals surface area contributed by atoms with E-state index in [2.05, 4.69) is 10.2 Å². The number of carbonyl (C=O) groups excluding carboxylic acids is 1. The summed E-state index contributed by atoms with van der Waals surface area (Å²) in [7, 11) is 1.63. The number of hydrogen-bond acceptors (Lipinski definition) is 4. The Morgan fingerprint density at radius 3 is 2.58 bits per heavy atom. The fraction of sp³-hybridized carbons (Fsp3) is 0.158. The molecule has 0 spiro atoms. The molecule has 0 unspecified atom stereocenters. The number of H-pyrrole nitrogens is 1. The Hall–Kier alpha value is -3.08. The van der Waals surface area contributed by atoms with Gasteiger partial charge in [-0.25, -0.2) is 4.79 Å². The number of nitrogens with zero attached hydrogens (tertiary/aromatic N) is 1. The molecule has 0 bridgehead atoms. The lowest BCUT2D eigenvalue weighted by molar-refractivity contribution is 0.0527. The number of methoxy groups -OCH3 is 1. The van der Waals surface area contributed by atoms with E-state index < -0.39 is 0 Å². The van der Waals surface area contributed by atoms with Crippen molar-refractivity contribution in [2.75, 3.05) is 13.7 Å². The Morgan fingerprint density at radius 1 is 1.12 bits per heavy atom. The van der Waals surface area contributed by atoms with Crippen LogP contribution in [0.2, 0.25) is 0 Å². The zero-order valence-corrected chi connectivity index (χ0v) is 13.6. The normalized spacial score (nSPS) is 10.4. The van der Waals surface area contributed by atoms with Crippen LogP contribution in [0.15, 0.2) is 54.6 Å². The minimum absolute atomic E-state index is 0.338. The van der Waals surface area contributed by atoms with Gasteiger partial charge in [0.25, 0.3) is 0 Å². The molecule has 0 saturated heterocycles. The topological polar surface area (TPSA) is 64.2 Å². The van der Waals surface area contributed by atoms with Gasteiger partial charge in [-0.3, -0.25) is 5.10 Å². The van der Waals surface area contributed by atoms with Crippen LogP contribution in [-0.4, -0.2) is 29.9 Å². The molecule has 24 heavy (non-hydrogen) atoms. The van der Waals surface area contributed by atoms with Gasteiger partial charge in [0, 0.05) is 5.56 Å². The maximum atomic E-state index is 12.1. The van der Waals surface area contributed by atoms with Crippen molar-refractivity contribution in [2.24, 2.45) is 0 Å². The maximum absolute atomic E-state index is 12.1. The first-order chi connectivity index (χ1) is 11.7. The second-order valence-electron chi connectivity index (χ2n) is 5.16. The number of nitrogens with one attached hydrogen (secondary N) is 1. The average Bonchev–Trinajstić information content (AvgIpc) is 3.12. The van der Waals surface area contributed by atoms with Crippen LogP contribution in [-0.2, 0) is 4.74 Å². The Kier molecular flexibility index (Phi) is 4.61. The molecule has 0 aliphatic rings. The van der Waals surface area contributed by atoms with Gasteiger partial charge in [0.05, 0.1) is 30.7 Å². The number of esters is 1. The SMILES string of the molecule is CCOC(=O)c1ccccc1-c1cc(-c2ccc(OC)cc2)[nH]n1. The minimum atomic E-state index is -0.345. The van der Waals surface area contributed by atoms with Gasteiger partial charge in [-0.05, 0) is 48.9 Å². The van der Waals surface area contributed by atoms with Crippen molar-refractivity contribution in [3.63, 3.8) is 0 Å². The zero-order chi connectivity index (χ0) is 16.9. The van der Waals surface area contributed by atoms with Gasteiger partial charge in [-0.1, -0.05) is 18.2 Å². The highest BCUT2D eigenvalue weighted by Crippen LogP contribution is 2.27. The third-order valence-electron chi connectivity index (χ3n) is 3.68. The lowest BCUT2D eigenvalue weighted by atomic mass is 10.0. The van der Waals surface area contributed by atoms with Crippen LogP contribution in [0.4, 0.5) is 0 Å². The number of rotatable bonds is 5. The molecule has 122 valence electrons. The molecule has 0 aliphatic heterocycles. The summed E-state index contributed by atoms with van der Waals surface area (Å²) in [6.45, 7) is 2.13. The molecule has 3 aromatic rings. The van der Waals surface area contributed by atoms with Crippen LogP contribution >= 0.6 is 0 Å². The summed E-state index contributed by atoms with van der Waals surface area (Å²) in [5.41, 5.74) is 3.80. The van der Waals surface area contributed by atoms with E-state index in [0.29, 0.717) is 17.9 Å². The molecule has 1 N–H and O–H groups in total. The molecule has 1 heterocycles. The second-order valence-corrected chi connectivity index (χ2v) is 5.16. The predicted octanol–water partition coefficient (Wildman–Crippen LogP) is 3.93. The highest BCUT2D eigenvalue weighted by molar-refractivity contribution is 5.97. The number of carbonyl (C=O) groups is 1.